The molecule has 4 rings (SSSR count). The number of methoxy groups -OCH3 is 2. The summed E-state index contributed by atoms with van der Waals surface area (Å²) in [5.41, 5.74) is 2.08. The van der Waals surface area contributed by atoms with Gasteiger partial charge in [0.15, 0.2) is 0 Å². The number of hydrogen-bond acceptors (Lipinski definition) is 4. The van der Waals surface area contributed by atoms with Gasteiger partial charge in [-0.15, -0.1) is 0 Å². The molecule has 196 valence electrons. The highest BCUT2D eigenvalue weighted by atomic mass is 16.5. The van der Waals surface area contributed by atoms with Crippen LogP contribution in [0.15, 0.2) is 54.6 Å². The Morgan fingerprint density at radius 3 is 2.14 bits per heavy atom. The summed E-state index contributed by atoms with van der Waals surface area (Å²) in [6, 6.07) is 19.1. The molecule has 0 atom stereocenters. The molecule has 36 heavy (non-hydrogen) atoms. The van der Waals surface area contributed by atoms with Crippen molar-refractivity contribution in [3.05, 3.63) is 65.7 Å². The fourth-order valence-corrected chi connectivity index (χ4v) is 6.07. The molecule has 2 aromatic carbocycles. The number of ether oxygens (including phenoxy) is 2. The second-order valence-electron chi connectivity index (χ2n) is 11.4. The van der Waals surface area contributed by atoms with Crippen molar-refractivity contribution in [2.45, 2.75) is 69.2 Å². The van der Waals surface area contributed by atoms with Crippen LogP contribution in [0.1, 0.15) is 57.1 Å². The van der Waals surface area contributed by atoms with E-state index in [1.54, 1.807) is 14.2 Å². The molecule has 2 fully saturated rings. The van der Waals surface area contributed by atoms with Gasteiger partial charge in [0.2, 0.25) is 0 Å². The van der Waals surface area contributed by atoms with Crippen molar-refractivity contribution < 1.29 is 14.3 Å². The number of urea groups is 1. The second-order valence-corrected chi connectivity index (χ2v) is 11.4. The van der Waals surface area contributed by atoms with Crippen molar-refractivity contribution in [2.24, 2.45) is 0 Å². The summed E-state index contributed by atoms with van der Waals surface area (Å²) in [5.74, 6) is 0.833. The van der Waals surface area contributed by atoms with E-state index in [-0.39, 0.29) is 22.7 Å². The highest BCUT2D eigenvalue weighted by molar-refractivity contribution is 5.78. The van der Waals surface area contributed by atoms with E-state index in [1.807, 2.05) is 17.0 Å². The first-order valence-corrected chi connectivity index (χ1v) is 13.1. The molecular formula is C30H43N3O3. The van der Waals surface area contributed by atoms with Crippen LogP contribution in [0.2, 0.25) is 0 Å². The van der Waals surface area contributed by atoms with Crippen LogP contribution in [-0.2, 0) is 16.8 Å². The van der Waals surface area contributed by atoms with E-state index >= 15 is 0 Å². The van der Waals surface area contributed by atoms with Gasteiger partial charge in [-0.3, -0.25) is 4.90 Å². The molecule has 1 aliphatic heterocycles. The van der Waals surface area contributed by atoms with E-state index in [0.717, 1.165) is 50.0 Å². The number of nitrogens with zero attached hydrogens (tertiary/aromatic N) is 3. The Balaban J connectivity index is 1.59. The molecular weight excluding hydrogens is 450 g/mol. The number of rotatable bonds is 9. The van der Waals surface area contributed by atoms with Crippen LogP contribution in [-0.4, -0.2) is 73.3 Å². The Kier molecular flexibility index (Phi) is 7.67. The number of carbonyl (C=O) groups is 1. The van der Waals surface area contributed by atoms with Crippen molar-refractivity contribution in [3.8, 4) is 5.75 Å². The molecule has 0 unspecified atom stereocenters. The third kappa shape index (κ3) is 5.12. The van der Waals surface area contributed by atoms with Crippen LogP contribution in [0, 0.1) is 0 Å². The summed E-state index contributed by atoms with van der Waals surface area (Å²) in [5, 5.41) is 0. The van der Waals surface area contributed by atoms with E-state index in [0.29, 0.717) is 13.1 Å². The lowest BCUT2D eigenvalue weighted by molar-refractivity contribution is -0.00824. The van der Waals surface area contributed by atoms with Crippen LogP contribution >= 0.6 is 0 Å². The van der Waals surface area contributed by atoms with Crippen molar-refractivity contribution in [1.29, 1.82) is 0 Å². The molecule has 1 spiro atoms. The van der Waals surface area contributed by atoms with Gasteiger partial charge in [0.1, 0.15) is 5.75 Å². The predicted molar refractivity (Wildman–Crippen MR) is 144 cm³/mol. The zero-order chi connectivity index (χ0) is 26.0. The van der Waals surface area contributed by atoms with E-state index in [2.05, 4.69) is 80.2 Å². The third-order valence-electron chi connectivity index (χ3n) is 8.76. The highest BCUT2D eigenvalue weighted by Crippen LogP contribution is 2.49. The lowest BCUT2D eigenvalue weighted by Gasteiger charge is -2.51. The van der Waals surface area contributed by atoms with Gasteiger partial charge in [0.05, 0.1) is 18.2 Å². The summed E-state index contributed by atoms with van der Waals surface area (Å²) < 4.78 is 11.0. The zero-order valence-electron chi connectivity index (χ0n) is 22.9. The van der Waals surface area contributed by atoms with Crippen LogP contribution in [0.3, 0.4) is 0 Å². The molecule has 2 aliphatic rings. The largest absolute Gasteiger partial charge is 0.497 e. The van der Waals surface area contributed by atoms with Gasteiger partial charge in [0, 0.05) is 32.3 Å². The SMILES string of the molecule is COc1ccc(CN2CC3(CCC(c4ccccc4)(N(C)C)CC3)N(CCC(C)(C)OC)C2=O)cc1. The van der Waals surface area contributed by atoms with Crippen molar-refractivity contribution >= 4 is 6.03 Å². The summed E-state index contributed by atoms with van der Waals surface area (Å²) in [6.45, 7) is 6.29. The maximum absolute atomic E-state index is 13.9. The predicted octanol–water partition coefficient (Wildman–Crippen LogP) is 5.52. The molecule has 6 nitrogen and oxygen atoms in total. The summed E-state index contributed by atoms with van der Waals surface area (Å²) >= 11 is 0. The van der Waals surface area contributed by atoms with Crippen molar-refractivity contribution in [2.75, 3.05) is 41.4 Å². The minimum Gasteiger partial charge on any atom is -0.497 e. The molecule has 2 amide bonds. The lowest BCUT2D eigenvalue weighted by atomic mass is 9.68. The fraction of sp³-hybridized carbons (Fsp3) is 0.567. The third-order valence-corrected chi connectivity index (χ3v) is 8.76. The summed E-state index contributed by atoms with van der Waals surface area (Å²) in [4.78, 5) is 20.5. The molecule has 2 aromatic rings. The average Bonchev–Trinajstić information content (AvgIpc) is 3.14. The van der Waals surface area contributed by atoms with Crippen molar-refractivity contribution in [3.63, 3.8) is 0 Å². The van der Waals surface area contributed by atoms with Crippen LogP contribution in [0.25, 0.3) is 0 Å². The zero-order valence-corrected chi connectivity index (χ0v) is 22.9. The monoisotopic (exact) mass is 493 g/mol. The number of amides is 2. The van der Waals surface area contributed by atoms with Gasteiger partial charge in [0.25, 0.3) is 0 Å². The minimum atomic E-state index is -0.267. The minimum absolute atomic E-state index is 0.00354. The molecule has 0 N–H and O–H groups in total. The lowest BCUT2D eigenvalue weighted by Crippen LogP contribution is -2.56. The van der Waals surface area contributed by atoms with Gasteiger partial charge in [-0.05, 0) is 83.3 Å². The van der Waals surface area contributed by atoms with Gasteiger partial charge in [-0.1, -0.05) is 42.5 Å². The van der Waals surface area contributed by atoms with Gasteiger partial charge in [-0.25, -0.2) is 4.79 Å². The Morgan fingerprint density at radius 1 is 0.944 bits per heavy atom. The normalized spacial score (nSPS) is 24.7. The standard InChI is InChI=1S/C30H43N3O3/c1-28(2,36-6)20-21-33-27(34)32(22-24-12-14-26(35-5)15-13-24)23-29(33)16-18-30(19-17-29,31(3)4)25-10-8-7-9-11-25/h7-15H,16-23H2,1-6H3. The summed E-state index contributed by atoms with van der Waals surface area (Å²) in [7, 11) is 7.82. The number of carbonyl (C=O) groups excluding carboxylic acids is 1. The van der Waals surface area contributed by atoms with Crippen LogP contribution < -0.4 is 4.74 Å². The second kappa shape index (κ2) is 10.4. The fourth-order valence-electron chi connectivity index (χ4n) is 6.07. The molecule has 0 aromatic heterocycles. The first kappa shape index (κ1) is 26.5. The first-order chi connectivity index (χ1) is 17.1. The van der Waals surface area contributed by atoms with E-state index in [9.17, 15) is 4.79 Å². The maximum Gasteiger partial charge on any atom is 0.320 e. The Hall–Kier alpha value is -2.57. The topological polar surface area (TPSA) is 45.2 Å². The first-order valence-electron chi connectivity index (χ1n) is 13.1. The molecule has 1 heterocycles. The van der Waals surface area contributed by atoms with Gasteiger partial charge in [-0.2, -0.15) is 0 Å². The Bertz CT molecular complexity index is 1010. The Labute approximate surface area is 217 Å². The van der Waals surface area contributed by atoms with E-state index in [4.69, 9.17) is 9.47 Å². The van der Waals surface area contributed by atoms with E-state index in [1.165, 1.54) is 5.56 Å². The quantitative estimate of drug-likeness (QED) is 0.462. The van der Waals surface area contributed by atoms with Crippen molar-refractivity contribution in [1.82, 2.24) is 14.7 Å². The molecule has 0 radical (unpaired) electrons. The molecule has 1 saturated heterocycles. The smallest absolute Gasteiger partial charge is 0.320 e. The van der Waals surface area contributed by atoms with Gasteiger partial charge >= 0.3 is 6.03 Å². The average molecular weight is 494 g/mol. The molecule has 0 bridgehead atoms. The number of benzene rings is 2. The number of hydrogen-bond donors (Lipinski definition) is 0. The molecule has 1 aliphatic carbocycles. The van der Waals surface area contributed by atoms with Crippen LogP contribution in [0.5, 0.6) is 5.75 Å². The molecule has 1 saturated carbocycles. The highest BCUT2D eigenvalue weighted by Gasteiger charge is 2.54. The molecule has 6 heteroatoms. The van der Waals surface area contributed by atoms with Crippen LogP contribution in [0.4, 0.5) is 4.79 Å². The maximum atomic E-state index is 13.9. The Morgan fingerprint density at radius 2 is 1.58 bits per heavy atom. The van der Waals surface area contributed by atoms with Gasteiger partial charge < -0.3 is 19.3 Å². The summed E-state index contributed by atoms with van der Waals surface area (Å²) in [6.07, 6.45) is 4.83. The van der Waals surface area contributed by atoms with E-state index < -0.39 is 0 Å².